The Labute approximate surface area is 201 Å². The fourth-order valence-electron chi connectivity index (χ4n) is 5.07. The summed E-state index contributed by atoms with van der Waals surface area (Å²) in [5.74, 6) is -4.24. The molecule has 2 atom stereocenters. The zero-order valence-electron chi connectivity index (χ0n) is 21.7. The Bertz CT molecular complexity index is 622. The monoisotopic (exact) mass is 464 g/mol. The predicted molar refractivity (Wildman–Crippen MR) is 132 cm³/mol. The molecule has 0 saturated heterocycles. The number of esters is 1. The molecule has 0 amide bonds. The first kappa shape index (κ1) is 29.5. The van der Waals surface area contributed by atoms with Crippen molar-refractivity contribution in [2.45, 2.75) is 130 Å². The van der Waals surface area contributed by atoms with Gasteiger partial charge in [0.2, 0.25) is 0 Å². The Morgan fingerprint density at radius 2 is 1.21 bits per heavy atom. The van der Waals surface area contributed by atoms with Gasteiger partial charge in [-0.3, -0.25) is 19.2 Å². The average Bonchev–Trinajstić information content (AvgIpc) is 2.75. The molecule has 5 nitrogen and oxygen atoms in total. The number of rotatable bonds is 18. The van der Waals surface area contributed by atoms with Crippen LogP contribution in [0.5, 0.6) is 0 Å². The molecule has 1 rings (SSSR count). The van der Waals surface area contributed by atoms with Crippen molar-refractivity contribution in [3.8, 4) is 0 Å². The summed E-state index contributed by atoms with van der Waals surface area (Å²) >= 11 is 0. The van der Waals surface area contributed by atoms with E-state index in [2.05, 4.69) is 6.92 Å². The van der Waals surface area contributed by atoms with Crippen LogP contribution in [0.3, 0.4) is 0 Å². The lowest BCUT2D eigenvalue weighted by molar-refractivity contribution is -0.161. The quantitative estimate of drug-likeness (QED) is 0.127. The second-order valence-electron chi connectivity index (χ2n) is 10.6. The SMILES string of the molecule is CCCCCCCCCCCCCCCCCC(=O)[C@H]1C(=O)CC(C)(C)[C@@H](C(=O)OC)C1=O. The lowest BCUT2D eigenvalue weighted by atomic mass is 9.63. The van der Waals surface area contributed by atoms with Gasteiger partial charge >= 0.3 is 5.97 Å². The van der Waals surface area contributed by atoms with E-state index in [1.165, 1.54) is 84.2 Å². The van der Waals surface area contributed by atoms with Gasteiger partial charge < -0.3 is 4.74 Å². The summed E-state index contributed by atoms with van der Waals surface area (Å²) in [6.45, 7) is 5.67. The molecule has 0 aromatic carbocycles. The van der Waals surface area contributed by atoms with Gasteiger partial charge in [-0.25, -0.2) is 0 Å². The third-order valence-electron chi connectivity index (χ3n) is 7.09. The highest BCUT2D eigenvalue weighted by molar-refractivity contribution is 6.25. The van der Waals surface area contributed by atoms with Crippen molar-refractivity contribution >= 4 is 23.3 Å². The van der Waals surface area contributed by atoms with Crippen molar-refractivity contribution < 1.29 is 23.9 Å². The molecule has 0 unspecified atom stereocenters. The predicted octanol–water partition coefficient (Wildman–Crippen LogP) is 6.79. The van der Waals surface area contributed by atoms with Gasteiger partial charge in [-0.2, -0.15) is 0 Å². The molecule has 5 heteroatoms. The van der Waals surface area contributed by atoms with Gasteiger partial charge in [0.05, 0.1) is 7.11 Å². The molecule has 1 aliphatic carbocycles. The van der Waals surface area contributed by atoms with Crippen LogP contribution in [-0.4, -0.2) is 30.4 Å². The molecule has 0 spiro atoms. The topological polar surface area (TPSA) is 77.5 Å². The number of hydrogen-bond donors (Lipinski definition) is 0. The fraction of sp³-hybridized carbons (Fsp3) is 0.857. The van der Waals surface area contributed by atoms with Gasteiger partial charge in [0.25, 0.3) is 0 Å². The largest absolute Gasteiger partial charge is 0.468 e. The van der Waals surface area contributed by atoms with Crippen LogP contribution in [-0.2, 0) is 23.9 Å². The maximum absolute atomic E-state index is 12.8. The van der Waals surface area contributed by atoms with Crippen molar-refractivity contribution in [3.63, 3.8) is 0 Å². The van der Waals surface area contributed by atoms with Gasteiger partial charge in [0, 0.05) is 12.8 Å². The lowest BCUT2D eigenvalue weighted by Crippen LogP contribution is -2.51. The normalized spacial score (nSPS) is 20.1. The number of unbranched alkanes of at least 4 members (excludes halogenated alkanes) is 14. The molecular weight excluding hydrogens is 416 g/mol. The molecule has 0 aromatic rings. The number of methoxy groups -OCH3 is 1. The smallest absolute Gasteiger partial charge is 0.316 e. The van der Waals surface area contributed by atoms with Gasteiger partial charge in [-0.15, -0.1) is 0 Å². The van der Waals surface area contributed by atoms with Crippen LogP contribution in [0.4, 0.5) is 0 Å². The minimum Gasteiger partial charge on any atom is -0.468 e. The minimum atomic E-state index is -1.28. The molecule has 0 radical (unpaired) electrons. The Morgan fingerprint density at radius 1 is 0.788 bits per heavy atom. The number of Topliss-reactive ketones (excluding diaryl/α,β-unsaturated/α-hetero) is 3. The highest BCUT2D eigenvalue weighted by Gasteiger charge is 2.53. The van der Waals surface area contributed by atoms with Crippen LogP contribution in [0.2, 0.25) is 0 Å². The molecule has 33 heavy (non-hydrogen) atoms. The second kappa shape index (κ2) is 16.2. The van der Waals surface area contributed by atoms with Gasteiger partial charge in [0.15, 0.2) is 17.3 Å². The standard InChI is InChI=1S/C28H48O5/c1-5-6-7-8-9-10-11-12-13-14-15-16-17-18-19-20-22(29)24-23(30)21-28(2,3)25(26(24)31)27(32)33-4/h24-25H,5-21H2,1-4H3/t24-,25+/m0/s1. The summed E-state index contributed by atoms with van der Waals surface area (Å²) < 4.78 is 4.77. The third kappa shape index (κ3) is 10.5. The van der Waals surface area contributed by atoms with Crippen molar-refractivity contribution in [2.24, 2.45) is 17.3 Å². The summed E-state index contributed by atoms with van der Waals surface area (Å²) in [4.78, 5) is 50.0. The average molecular weight is 465 g/mol. The van der Waals surface area contributed by atoms with Gasteiger partial charge in [-0.1, -0.05) is 111 Å². The second-order valence-corrected chi connectivity index (χ2v) is 10.6. The van der Waals surface area contributed by atoms with Crippen LogP contribution in [0.15, 0.2) is 0 Å². The Balaban J connectivity index is 2.15. The summed E-state index contributed by atoms with van der Waals surface area (Å²) in [6, 6.07) is 0. The van der Waals surface area contributed by atoms with Crippen molar-refractivity contribution in [2.75, 3.05) is 7.11 Å². The molecular formula is C28H48O5. The van der Waals surface area contributed by atoms with E-state index in [0.717, 1.165) is 12.8 Å². The number of carbonyl (C=O) groups excluding carboxylic acids is 4. The summed E-state index contributed by atoms with van der Waals surface area (Å²) in [6.07, 6.45) is 18.9. The van der Waals surface area contributed by atoms with Crippen LogP contribution in [0, 0.1) is 17.3 Å². The summed E-state index contributed by atoms with van der Waals surface area (Å²) in [5.41, 5.74) is -0.813. The molecule has 1 aliphatic rings. The maximum atomic E-state index is 12.8. The molecule has 1 fully saturated rings. The van der Waals surface area contributed by atoms with E-state index in [1.54, 1.807) is 13.8 Å². The van der Waals surface area contributed by atoms with Crippen LogP contribution < -0.4 is 0 Å². The highest BCUT2D eigenvalue weighted by atomic mass is 16.5. The third-order valence-corrected chi connectivity index (χ3v) is 7.09. The minimum absolute atomic E-state index is 0.0494. The number of hydrogen-bond acceptors (Lipinski definition) is 5. The molecule has 0 bridgehead atoms. The van der Waals surface area contributed by atoms with Crippen molar-refractivity contribution in [1.29, 1.82) is 0 Å². The molecule has 0 aliphatic heterocycles. The molecule has 0 aromatic heterocycles. The van der Waals surface area contributed by atoms with Crippen molar-refractivity contribution in [1.82, 2.24) is 0 Å². The van der Waals surface area contributed by atoms with Crippen LogP contribution >= 0.6 is 0 Å². The van der Waals surface area contributed by atoms with Crippen molar-refractivity contribution in [3.05, 3.63) is 0 Å². The summed E-state index contributed by atoms with van der Waals surface area (Å²) in [5, 5.41) is 0. The summed E-state index contributed by atoms with van der Waals surface area (Å²) in [7, 11) is 1.23. The number of ketones is 3. The highest BCUT2D eigenvalue weighted by Crippen LogP contribution is 2.40. The number of carbonyl (C=O) groups is 4. The van der Waals surface area contributed by atoms with E-state index in [-0.39, 0.29) is 24.4 Å². The molecule has 190 valence electrons. The van der Waals surface area contributed by atoms with Crippen LogP contribution in [0.25, 0.3) is 0 Å². The van der Waals surface area contributed by atoms with E-state index < -0.39 is 29.0 Å². The molecule has 0 N–H and O–H groups in total. The number of ether oxygens (including phenoxy) is 1. The first-order valence-corrected chi connectivity index (χ1v) is 13.4. The van der Waals surface area contributed by atoms with Crippen LogP contribution in [0.1, 0.15) is 130 Å². The maximum Gasteiger partial charge on any atom is 0.316 e. The Hall–Kier alpha value is -1.52. The van der Waals surface area contributed by atoms with Gasteiger partial charge in [0.1, 0.15) is 11.8 Å². The zero-order valence-corrected chi connectivity index (χ0v) is 21.7. The van der Waals surface area contributed by atoms with E-state index in [1.807, 2.05) is 0 Å². The molecule has 1 saturated carbocycles. The first-order chi connectivity index (χ1) is 15.8. The Kier molecular flexibility index (Phi) is 14.5. The first-order valence-electron chi connectivity index (χ1n) is 13.4. The van der Waals surface area contributed by atoms with E-state index >= 15 is 0 Å². The van der Waals surface area contributed by atoms with Gasteiger partial charge in [-0.05, 0) is 11.8 Å². The molecule has 0 heterocycles. The van der Waals surface area contributed by atoms with E-state index in [4.69, 9.17) is 4.74 Å². The zero-order chi connectivity index (χ0) is 24.7. The Morgan fingerprint density at radius 3 is 1.64 bits per heavy atom. The van der Waals surface area contributed by atoms with E-state index in [9.17, 15) is 19.2 Å². The van der Waals surface area contributed by atoms with E-state index in [0.29, 0.717) is 6.42 Å². The fourth-order valence-corrected chi connectivity index (χ4v) is 5.07. The lowest BCUT2D eigenvalue weighted by Gasteiger charge is -2.37.